The van der Waals surface area contributed by atoms with Crippen molar-refractivity contribution in [1.82, 2.24) is 4.90 Å². The number of carbonyl (C=O) groups is 1. The fourth-order valence-electron chi connectivity index (χ4n) is 2.86. The number of anilines is 1. The molecule has 1 spiro atoms. The second-order valence-corrected chi connectivity index (χ2v) is 6.16. The summed E-state index contributed by atoms with van der Waals surface area (Å²) in [4.78, 5) is 15.0. The van der Waals surface area contributed by atoms with Gasteiger partial charge >= 0.3 is 0 Å². The van der Waals surface area contributed by atoms with Gasteiger partial charge < -0.3 is 9.80 Å². The molecule has 0 atom stereocenters. The summed E-state index contributed by atoms with van der Waals surface area (Å²) >= 11 is 3.20. The minimum absolute atomic E-state index is 0.132. The van der Waals surface area contributed by atoms with Gasteiger partial charge in [-0.3, -0.25) is 4.79 Å². The summed E-state index contributed by atoms with van der Waals surface area (Å²) in [5, 5.41) is 0. The molecule has 96 valence electrons. The maximum absolute atomic E-state index is 13.9. The monoisotopic (exact) mass is 312 g/mol. The topological polar surface area (TPSA) is 23.6 Å². The number of hydrogen-bond donors (Lipinski definition) is 0. The zero-order chi connectivity index (χ0) is 12.9. The number of nitrogens with zero attached hydrogens (tertiary/aromatic N) is 2. The Morgan fingerprint density at radius 2 is 2.00 bits per heavy atom. The summed E-state index contributed by atoms with van der Waals surface area (Å²) in [6, 6.07) is 5.35. The fraction of sp³-hybridized carbons (Fsp3) is 0.462. The fourth-order valence-corrected chi connectivity index (χ4v) is 3.21. The zero-order valence-corrected chi connectivity index (χ0v) is 11.7. The number of benzene rings is 1. The second-order valence-electron chi connectivity index (χ2n) is 5.30. The van der Waals surface area contributed by atoms with Crippen molar-refractivity contribution in [2.45, 2.75) is 6.92 Å². The minimum atomic E-state index is -0.199. The molecule has 2 aliphatic heterocycles. The van der Waals surface area contributed by atoms with Crippen LogP contribution in [0.1, 0.15) is 6.92 Å². The van der Waals surface area contributed by atoms with Crippen LogP contribution < -0.4 is 4.90 Å². The highest BCUT2D eigenvalue weighted by Gasteiger charge is 2.52. The summed E-state index contributed by atoms with van der Waals surface area (Å²) in [6.45, 7) is 4.90. The third-order valence-corrected chi connectivity index (χ3v) is 4.43. The van der Waals surface area contributed by atoms with Gasteiger partial charge in [0.1, 0.15) is 0 Å². The molecule has 0 aromatic heterocycles. The molecule has 2 saturated heterocycles. The van der Waals surface area contributed by atoms with Crippen molar-refractivity contribution in [3.05, 3.63) is 28.5 Å². The molecule has 1 aromatic rings. The minimum Gasteiger partial charge on any atom is -0.368 e. The molecular formula is C13H14BrFN2O. The highest BCUT2D eigenvalue weighted by Crippen LogP contribution is 2.43. The highest BCUT2D eigenvalue weighted by atomic mass is 79.9. The Morgan fingerprint density at radius 3 is 2.61 bits per heavy atom. The van der Waals surface area contributed by atoms with Gasteiger partial charge in [-0.1, -0.05) is 6.07 Å². The number of carbonyl (C=O) groups excluding carboxylic acids is 1. The van der Waals surface area contributed by atoms with Crippen LogP contribution in [-0.4, -0.2) is 37.0 Å². The summed E-state index contributed by atoms with van der Waals surface area (Å²) in [5.74, 6) is -0.0668. The van der Waals surface area contributed by atoms with E-state index in [9.17, 15) is 9.18 Å². The highest BCUT2D eigenvalue weighted by molar-refractivity contribution is 9.10. The first kappa shape index (κ1) is 12.0. The predicted octanol–water partition coefficient (Wildman–Crippen LogP) is 2.26. The Balaban J connectivity index is 1.66. The van der Waals surface area contributed by atoms with E-state index in [-0.39, 0.29) is 17.1 Å². The Kier molecular flexibility index (Phi) is 2.62. The van der Waals surface area contributed by atoms with Gasteiger partial charge in [-0.15, -0.1) is 0 Å². The number of amides is 1. The average molecular weight is 313 g/mol. The van der Waals surface area contributed by atoms with Crippen LogP contribution in [0.2, 0.25) is 0 Å². The largest absolute Gasteiger partial charge is 0.368 e. The number of rotatable bonds is 1. The summed E-state index contributed by atoms with van der Waals surface area (Å²) in [6.07, 6.45) is 0. The third-order valence-electron chi connectivity index (χ3n) is 3.82. The van der Waals surface area contributed by atoms with Crippen LogP contribution in [0.25, 0.3) is 0 Å². The van der Waals surface area contributed by atoms with E-state index in [0.29, 0.717) is 10.2 Å². The van der Waals surface area contributed by atoms with Crippen LogP contribution >= 0.6 is 15.9 Å². The number of likely N-dealkylation sites (tertiary alicyclic amines) is 1. The van der Waals surface area contributed by atoms with Crippen LogP contribution in [0.3, 0.4) is 0 Å². The maximum atomic E-state index is 13.9. The second kappa shape index (κ2) is 3.95. The molecule has 2 heterocycles. The summed E-state index contributed by atoms with van der Waals surface area (Å²) in [5.41, 5.74) is 0.858. The van der Waals surface area contributed by atoms with E-state index >= 15 is 0 Å². The van der Waals surface area contributed by atoms with Gasteiger partial charge in [0.15, 0.2) is 5.82 Å². The first-order chi connectivity index (χ1) is 8.51. The zero-order valence-electron chi connectivity index (χ0n) is 10.1. The Labute approximate surface area is 114 Å². The molecule has 18 heavy (non-hydrogen) atoms. The summed E-state index contributed by atoms with van der Waals surface area (Å²) in [7, 11) is 0. The lowest BCUT2D eigenvalue weighted by Gasteiger charge is -2.60. The molecule has 0 N–H and O–H groups in total. The Hall–Kier alpha value is -1.10. The van der Waals surface area contributed by atoms with E-state index in [2.05, 4.69) is 15.9 Å². The molecule has 3 nitrogen and oxygen atoms in total. The Bertz CT molecular complexity index is 506. The van der Waals surface area contributed by atoms with Crippen molar-refractivity contribution in [3.63, 3.8) is 0 Å². The van der Waals surface area contributed by atoms with Gasteiger partial charge in [0, 0.05) is 38.5 Å². The van der Waals surface area contributed by atoms with Crippen molar-refractivity contribution in [3.8, 4) is 0 Å². The van der Waals surface area contributed by atoms with Crippen molar-refractivity contribution < 1.29 is 9.18 Å². The smallest absolute Gasteiger partial charge is 0.219 e. The first-order valence-corrected chi connectivity index (χ1v) is 6.75. The van der Waals surface area contributed by atoms with Crippen molar-refractivity contribution in [1.29, 1.82) is 0 Å². The van der Waals surface area contributed by atoms with Crippen LogP contribution in [0.5, 0.6) is 0 Å². The molecule has 2 aliphatic rings. The van der Waals surface area contributed by atoms with E-state index in [4.69, 9.17) is 0 Å². The number of halogens is 2. The van der Waals surface area contributed by atoms with Gasteiger partial charge in [-0.25, -0.2) is 4.39 Å². The van der Waals surface area contributed by atoms with Crippen molar-refractivity contribution in [2.24, 2.45) is 5.41 Å². The normalized spacial score (nSPS) is 20.6. The SMILES string of the molecule is CC(=O)N1CC2(C1)CN(c1cccc(Br)c1F)C2. The van der Waals surface area contributed by atoms with Crippen LogP contribution in [0.4, 0.5) is 10.1 Å². The van der Waals surface area contributed by atoms with E-state index in [0.717, 1.165) is 26.2 Å². The predicted molar refractivity (Wildman–Crippen MR) is 71.0 cm³/mol. The quantitative estimate of drug-likeness (QED) is 0.794. The van der Waals surface area contributed by atoms with Gasteiger partial charge in [0.25, 0.3) is 0 Å². The van der Waals surface area contributed by atoms with Crippen LogP contribution in [-0.2, 0) is 4.79 Å². The molecule has 0 aliphatic carbocycles. The lowest BCUT2D eigenvalue weighted by molar-refractivity contribution is -0.142. The first-order valence-electron chi connectivity index (χ1n) is 5.95. The van der Waals surface area contributed by atoms with Crippen molar-refractivity contribution >= 4 is 27.5 Å². The van der Waals surface area contributed by atoms with Gasteiger partial charge in [0.2, 0.25) is 5.91 Å². The van der Waals surface area contributed by atoms with E-state index in [1.54, 1.807) is 19.1 Å². The molecule has 0 unspecified atom stereocenters. The van der Waals surface area contributed by atoms with E-state index in [1.807, 2.05) is 15.9 Å². The Morgan fingerprint density at radius 1 is 1.33 bits per heavy atom. The van der Waals surface area contributed by atoms with E-state index < -0.39 is 0 Å². The lowest BCUT2D eigenvalue weighted by atomic mass is 9.72. The maximum Gasteiger partial charge on any atom is 0.219 e. The van der Waals surface area contributed by atoms with Gasteiger partial charge in [-0.2, -0.15) is 0 Å². The molecular weight excluding hydrogens is 299 g/mol. The summed E-state index contributed by atoms with van der Waals surface area (Å²) < 4.78 is 14.4. The van der Waals surface area contributed by atoms with Crippen molar-refractivity contribution in [2.75, 3.05) is 31.1 Å². The molecule has 5 heteroatoms. The lowest BCUT2D eigenvalue weighted by Crippen LogP contribution is -2.73. The molecule has 1 aromatic carbocycles. The van der Waals surface area contributed by atoms with E-state index in [1.165, 1.54) is 0 Å². The molecule has 0 radical (unpaired) electrons. The molecule has 3 rings (SSSR count). The van der Waals surface area contributed by atoms with Gasteiger partial charge in [0.05, 0.1) is 10.2 Å². The molecule has 1 amide bonds. The number of hydrogen-bond acceptors (Lipinski definition) is 2. The van der Waals surface area contributed by atoms with Crippen LogP contribution in [0, 0.1) is 11.2 Å². The third kappa shape index (κ3) is 1.72. The molecule has 2 fully saturated rings. The molecule has 0 bridgehead atoms. The average Bonchev–Trinajstić information content (AvgIpc) is 2.19. The van der Waals surface area contributed by atoms with Crippen LogP contribution in [0.15, 0.2) is 22.7 Å². The molecule has 0 saturated carbocycles. The van der Waals surface area contributed by atoms with Gasteiger partial charge in [-0.05, 0) is 28.1 Å². The standard InChI is InChI=1S/C13H14BrFN2O/c1-9(18)16-5-13(6-16)7-17(8-13)11-4-2-3-10(14)12(11)15/h2-4H,5-8H2,1H3.